The lowest BCUT2D eigenvalue weighted by Crippen LogP contribution is -2.33. The molecule has 7 heteroatoms. The maximum absolute atomic E-state index is 11.6. The van der Waals surface area contributed by atoms with E-state index in [0.717, 1.165) is 12.8 Å². The summed E-state index contributed by atoms with van der Waals surface area (Å²) >= 11 is 0. The number of carbonyl (C=O) groups excluding carboxylic acids is 1. The average Bonchev–Trinajstić information content (AvgIpc) is 3.19. The summed E-state index contributed by atoms with van der Waals surface area (Å²) in [5.74, 6) is 0.839. The maximum Gasteiger partial charge on any atom is 0.325 e. The summed E-state index contributed by atoms with van der Waals surface area (Å²) in [4.78, 5) is 21.6. The Morgan fingerprint density at radius 1 is 1.53 bits per heavy atom. The quantitative estimate of drug-likeness (QED) is 0.754. The van der Waals surface area contributed by atoms with Crippen molar-refractivity contribution >= 4 is 17.7 Å². The van der Waals surface area contributed by atoms with Gasteiger partial charge < -0.3 is 20.1 Å². The van der Waals surface area contributed by atoms with Crippen molar-refractivity contribution in [3.05, 3.63) is 6.07 Å². The van der Waals surface area contributed by atoms with Crippen molar-refractivity contribution in [2.75, 3.05) is 30.9 Å². The highest BCUT2D eigenvalue weighted by atomic mass is 16.5. The van der Waals surface area contributed by atoms with E-state index in [2.05, 4.69) is 9.97 Å². The van der Waals surface area contributed by atoms with Crippen molar-refractivity contribution in [3.63, 3.8) is 0 Å². The van der Waals surface area contributed by atoms with E-state index in [1.165, 1.54) is 7.11 Å². The van der Waals surface area contributed by atoms with Gasteiger partial charge in [0.1, 0.15) is 12.4 Å². The molecule has 1 fully saturated rings. The van der Waals surface area contributed by atoms with Crippen LogP contribution in [0.4, 0.5) is 11.8 Å². The van der Waals surface area contributed by atoms with Gasteiger partial charge in [-0.15, -0.1) is 0 Å². The molecule has 0 aliphatic heterocycles. The van der Waals surface area contributed by atoms with Gasteiger partial charge in [-0.3, -0.25) is 4.79 Å². The van der Waals surface area contributed by atoms with Crippen LogP contribution in [0.2, 0.25) is 0 Å². The van der Waals surface area contributed by atoms with E-state index in [0.29, 0.717) is 24.3 Å². The minimum atomic E-state index is -0.273. The number of anilines is 2. The fraction of sp³-hybridized carbons (Fsp3) is 0.583. The van der Waals surface area contributed by atoms with Gasteiger partial charge in [0.2, 0.25) is 11.8 Å². The van der Waals surface area contributed by atoms with Gasteiger partial charge in [0.05, 0.1) is 13.7 Å². The van der Waals surface area contributed by atoms with Crippen LogP contribution >= 0.6 is 0 Å². The fourth-order valence-corrected chi connectivity index (χ4v) is 1.81. The Kier molecular flexibility index (Phi) is 4.03. The lowest BCUT2D eigenvalue weighted by Gasteiger charge is -2.22. The van der Waals surface area contributed by atoms with E-state index in [1.54, 1.807) is 13.0 Å². The van der Waals surface area contributed by atoms with E-state index >= 15 is 0 Å². The zero-order chi connectivity index (χ0) is 13.8. The van der Waals surface area contributed by atoms with E-state index < -0.39 is 0 Å². The molecule has 104 valence electrons. The van der Waals surface area contributed by atoms with Crippen LogP contribution in [-0.2, 0) is 9.53 Å². The van der Waals surface area contributed by atoms with Crippen LogP contribution in [0, 0.1) is 0 Å². The molecule has 1 aliphatic rings. The second-order valence-corrected chi connectivity index (χ2v) is 4.29. The summed E-state index contributed by atoms with van der Waals surface area (Å²) < 4.78 is 10.0. The number of aromatic nitrogens is 2. The third kappa shape index (κ3) is 3.46. The molecule has 1 aromatic rings. The van der Waals surface area contributed by atoms with Gasteiger partial charge in [-0.2, -0.15) is 9.97 Å². The van der Waals surface area contributed by atoms with Crippen LogP contribution in [0.15, 0.2) is 6.07 Å². The van der Waals surface area contributed by atoms with Crippen LogP contribution in [0.5, 0.6) is 5.88 Å². The Balaban J connectivity index is 2.18. The number of nitrogens with zero attached hydrogens (tertiary/aromatic N) is 3. The molecular formula is C12H18N4O3. The number of nitrogen functional groups attached to an aromatic ring is 1. The Morgan fingerprint density at radius 3 is 2.84 bits per heavy atom. The predicted octanol–water partition coefficient (Wildman–Crippen LogP) is 0.599. The SMILES string of the molecule is CCOC(=O)CN(c1cc(OC)nc(N)n1)C1CC1. The summed E-state index contributed by atoms with van der Waals surface area (Å²) in [7, 11) is 1.51. The predicted molar refractivity (Wildman–Crippen MR) is 70.0 cm³/mol. The van der Waals surface area contributed by atoms with Gasteiger partial charge in [0, 0.05) is 12.1 Å². The highest BCUT2D eigenvalue weighted by molar-refractivity contribution is 5.76. The molecule has 1 aromatic heterocycles. The highest BCUT2D eigenvalue weighted by Crippen LogP contribution is 2.31. The smallest absolute Gasteiger partial charge is 0.325 e. The Labute approximate surface area is 111 Å². The molecule has 0 amide bonds. The zero-order valence-electron chi connectivity index (χ0n) is 11.1. The summed E-state index contributed by atoms with van der Waals surface area (Å²) in [6.45, 7) is 2.32. The van der Waals surface area contributed by atoms with Crippen molar-refractivity contribution in [3.8, 4) is 5.88 Å². The topological polar surface area (TPSA) is 90.6 Å². The number of hydrogen-bond donors (Lipinski definition) is 1. The zero-order valence-corrected chi connectivity index (χ0v) is 11.1. The van der Waals surface area contributed by atoms with Gasteiger partial charge in [0.15, 0.2) is 0 Å². The number of carbonyl (C=O) groups is 1. The number of rotatable bonds is 6. The number of methoxy groups -OCH3 is 1. The lowest BCUT2D eigenvalue weighted by atomic mass is 10.4. The third-order valence-corrected chi connectivity index (χ3v) is 2.80. The normalized spacial score (nSPS) is 14.0. The van der Waals surface area contributed by atoms with Gasteiger partial charge in [-0.05, 0) is 19.8 Å². The number of esters is 1. The van der Waals surface area contributed by atoms with E-state index in [1.807, 2.05) is 4.90 Å². The molecule has 19 heavy (non-hydrogen) atoms. The Bertz CT molecular complexity index is 462. The molecule has 0 radical (unpaired) electrons. The first-order chi connectivity index (χ1) is 9.13. The van der Waals surface area contributed by atoms with Crippen molar-refractivity contribution in [2.45, 2.75) is 25.8 Å². The summed E-state index contributed by atoms with van der Waals surface area (Å²) in [5.41, 5.74) is 5.64. The van der Waals surface area contributed by atoms with Crippen molar-refractivity contribution in [2.24, 2.45) is 0 Å². The molecule has 0 spiro atoms. The molecule has 1 saturated carbocycles. The molecule has 0 aromatic carbocycles. The average molecular weight is 266 g/mol. The molecule has 1 aliphatic carbocycles. The number of hydrogen-bond acceptors (Lipinski definition) is 7. The molecule has 1 heterocycles. The molecule has 0 bridgehead atoms. The molecule has 2 rings (SSSR count). The van der Waals surface area contributed by atoms with E-state index in [9.17, 15) is 4.79 Å². The Morgan fingerprint density at radius 2 is 2.26 bits per heavy atom. The summed E-state index contributed by atoms with van der Waals surface area (Å²) in [6.07, 6.45) is 2.07. The maximum atomic E-state index is 11.6. The molecule has 2 N–H and O–H groups in total. The van der Waals surface area contributed by atoms with E-state index in [4.69, 9.17) is 15.2 Å². The molecular weight excluding hydrogens is 248 g/mol. The van der Waals surface area contributed by atoms with Crippen LogP contribution in [0.3, 0.4) is 0 Å². The first-order valence-electron chi connectivity index (χ1n) is 6.24. The first-order valence-corrected chi connectivity index (χ1v) is 6.24. The lowest BCUT2D eigenvalue weighted by molar-refractivity contribution is -0.141. The largest absolute Gasteiger partial charge is 0.481 e. The highest BCUT2D eigenvalue weighted by Gasteiger charge is 2.32. The first kappa shape index (κ1) is 13.4. The standard InChI is InChI=1S/C12H18N4O3/c1-3-19-11(17)7-16(8-4-5-8)9-6-10(18-2)15-12(13)14-9/h6,8H,3-5,7H2,1-2H3,(H2,13,14,15). The third-order valence-electron chi connectivity index (χ3n) is 2.80. The minimum Gasteiger partial charge on any atom is -0.481 e. The molecule has 0 saturated heterocycles. The van der Waals surface area contributed by atoms with Crippen LogP contribution in [-0.4, -0.2) is 42.2 Å². The second kappa shape index (κ2) is 5.73. The van der Waals surface area contributed by atoms with Crippen molar-refractivity contribution in [1.29, 1.82) is 0 Å². The fourth-order valence-electron chi connectivity index (χ4n) is 1.81. The van der Waals surface area contributed by atoms with Crippen LogP contribution in [0.25, 0.3) is 0 Å². The number of nitrogens with two attached hydrogens (primary N) is 1. The minimum absolute atomic E-state index is 0.129. The molecule has 7 nitrogen and oxygen atoms in total. The summed E-state index contributed by atoms with van der Waals surface area (Å²) in [5, 5.41) is 0. The van der Waals surface area contributed by atoms with Crippen LogP contribution in [0.1, 0.15) is 19.8 Å². The van der Waals surface area contributed by atoms with Gasteiger partial charge in [-0.1, -0.05) is 0 Å². The van der Waals surface area contributed by atoms with Gasteiger partial charge in [0.25, 0.3) is 0 Å². The molecule has 0 atom stereocenters. The van der Waals surface area contributed by atoms with Gasteiger partial charge in [-0.25, -0.2) is 0 Å². The Hall–Kier alpha value is -2.05. The monoisotopic (exact) mass is 266 g/mol. The molecule has 0 unspecified atom stereocenters. The second-order valence-electron chi connectivity index (χ2n) is 4.29. The van der Waals surface area contributed by atoms with Crippen molar-refractivity contribution < 1.29 is 14.3 Å². The van der Waals surface area contributed by atoms with E-state index in [-0.39, 0.29) is 18.5 Å². The number of ether oxygens (including phenoxy) is 2. The van der Waals surface area contributed by atoms with Crippen molar-refractivity contribution in [1.82, 2.24) is 9.97 Å². The van der Waals surface area contributed by atoms with Crippen LogP contribution < -0.4 is 15.4 Å². The van der Waals surface area contributed by atoms with Gasteiger partial charge >= 0.3 is 5.97 Å². The summed E-state index contributed by atoms with van der Waals surface area (Å²) in [6, 6.07) is 1.98.